The molecule has 1 aliphatic rings. The molecule has 1 aliphatic carbocycles. The Morgan fingerprint density at radius 1 is 1.32 bits per heavy atom. The first-order valence-corrected chi connectivity index (χ1v) is 9.85. The third-order valence-corrected chi connectivity index (χ3v) is 6.06. The number of aliphatic hydroxyl groups is 1. The zero-order valence-corrected chi connectivity index (χ0v) is 15.9. The summed E-state index contributed by atoms with van der Waals surface area (Å²) in [7, 11) is 0. The van der Waals surface area contributed by atoms with Gasteiger partial charge in [0.1, 0.15) is 23.0 Å². The Morgan fingerprint density at radius 2 is 2.11 bits per heavy atom. The number of hydrogen-bond acceptors (Lipinski definition) is 6. The minimum absolute atomic E-state index is 0.119. The van der Waals surface area contributed by atoms with Crippen LogP contribution in [-0.2, 0) is 4.79 Å². The van der Waals surface area contributed by atoms with E-state index < -0.39 is 6.10 Å². The highest BCUT2D eigenvalue weighted by molar-refractivity contribution is 7.17. The lowest BCUT2D eigenvalue weighted by Crippen LogP contribution is -2.06. The quantitative estimate of drug-likeness (QED) is 0.542. The number of benzene rings is 1. The highest BCUT2D eigenvalue weighted by atomic mass is 32.1. The van der Waals surface area contributed by atoms with Gasteiger partial charge in [0.15, 0.2) is 0 Å². The predicted molar refractivity (Wildman–Crippen MR) is 105 cm³/mol. The number of thiazole rings is 1. The van der Waals surface area contributed by atoms with E-state index in [0.29, 0.717) is 17.3 Å². The van der Waals surface area contributed by atoms with Crippen molar-refractivity contribution in [2.24, 2.45) is 0 Å². The number of aromatic nitrogens is 5. The third kappa shape index (κ3) is 2.98. The number of hydrogen-bond donors (Lipinski definition) is 2. The number of fused-ring (bicyclic) bond motifs is 1. The maximum atomic E-state index is 11.1. The summed E-state index contributed by atoms with van der Waals surface area (Å²) in [5.41, 5.74) is 2.83. The van der Waals surface area contributed by atoms with Gasteiger partial charge in [0, 0.05) is 17.5 Å². The maximum absolute atomic E-state index is 11.1. The van der Waals surface area contributed by atoms with Gasteiger partial charge in [0.05, 0.1) is 23.8 Å². The van der Waals surface area contributed by atoms with Crippen molar-refractivity contribution >= 4 is 27.8 Å². The van der Waals surface area contributed by atoms with Crippen LogP contribution in [0.25, 0.3) is 10.5 Å². The van der Waals surface area contributed by atoms with Gasteiger partial charge < -0.3 is 10.4 Å². The summed E-state index contributed by atoms with van der Waals surface area (Å²) >= 11 is 1.68. The minimum Gasteiger partial charge on any atom is -0.380 e. The van der Waals surface area contributed by atoms with Gasteiger partial charge in [-0.2, -0.15) is 0 Å². The molecule has 4 aromatic rings. The number of imidazole rings is 1. The number of anilines is 1. The topological polar surface area (TPSA) is 97.3 Å². The Hall–Kier alpha value is -3.04. The molecular weight excluding hydrogens is 376 g/mol. The normalized spacial score (nSPS) is 15.1. The molecule has 5 rings (SSSR count). The fraction of sp³-hybridized carbons (Fsp3) is 0.263. The average Bonchev–Trinajstić information content (AvgIpc) is 3.08. The number of aliphatic hydroxyl groups excluding tert-OH is 1. The number of nitrogens with zero attached hydrogens (tertiary/aromatic N) is 5. The van der Waals surface area contributed by atoms with Crippen LogP contribution < -0.4 is 5.32 Å². The van der Waals surface area contributed by atoms with Crippen LogP contribution in [0.2, 0.25) is 0 Å². The second kappa shape index (κ2) is 6.54. The first kappa shape index (κ1) is 17.1. The second-order valence-corrected chi connectivity index (χ2v) is 8.01. The van der Waals surface area contributed by atoms with E-state index in [-0.39, 0.29) is 5.91 Å². The van der Waals surface area contributed by atoms with Crippen molar-refractivity contribution < 1.29 is 9.90 Å². The monoisotopic (exact) mass is 394 g/mol. The lowest BCUT2D eigenvalue weighted by atomic mass is 10.1. The average molecular weight is 394 g/mol. The zero-order valence-electron chi connectivity index (χ0n) is 15.1. The predicted octanol–water partition coefficient (Wildman–Crippen LogP) is 2.89. The lowest BCUT2D eigenvalue weighted by molar-refractivity contribution is -0.114. The molecule has 1 amide bonds. The number of carbonyl (C=O) groups is 1. The van der Waals surface area contributed by atoms with Crippen LogP contribution in [0.5, 0.6) is 0 Å². The summed E-state index contributed by atoms with van der Waals surface area (Å²) in [6.45, 7) is 1.47. The van der Waals surface area contributed by atoms with Crippen LogP contribution in [0.15, 0.2) is 43.0 Å². The smallest absolute Gasteiger partial charge is 0.221 e. The zero-order chi connectivity index (χ0) is 19.3. The Bertz CT molecular complexity index is 1150. The highest BCUT2D eigenvalue weighted by Gasteiger charge is 2.33. The Morgan fingerprint density at radius 3 is 2.82 bits per heavy atom. The fourth-order valence-corrected chi connectivity index (χ4v) is 4.60. The number of amides is 1. The van der Waals surface area contributed by atoms with E-state index in [4.69, 9.17) is 0 Å². The van der Waals surface area contributed by atoms with Crippen molar-refractivity contribution in [1.29, 1.82) is 0 Å². The Labute approximate surface area is 164 Å². The van der Waals surface area contributed by atoms with Crippen LogP contribution in [0.1, 0.15) is 48.1 Å². The van der Waals surface area contributed by atoms with Gasteiger partial charge in [-0.1, -0.05) is 5.21 Å². The van der Waals surface area contributed by atoms with Crippen LogP contribution in [0.3, 0.4) is 0 Å². The molecule has 1 saturated carbocycles. The molecule has 1 fully saturated rings. The van der Waals surface area contributed by atoms with E-state index >= 15 is 0 Å². The number of rotatable bonds is 5. The van der Waals surface area contributed by atoms with E-state index in [1.807, 2.05) is 22.7 Å². The second-order valence-electron chi connectivity index (χ2n) is 6.95. The largest absolute Gasteiger partial charge is 0.380 e. The molecular formula is C19H18N6O2S. The van der Waals surface area contributed by atoms with Gasteiger partial charge in [-0.3, -0.25) is 9.20 Å². The number of nitrogens with one attached hydrogen (secondary N) is 1. The highest BCUT2D eigenvalue weighted by Crippen LogP contribution is 2.47. The van der Waals surface area contributed by atoms with Gasteiger partial charge >= 0.3 is 0 Å². The van der Waals surface area contributed by atoms with Crippen LogP contribution in [-0.4, -0.2) is 35.4 Å². The van der Waals surface area contributed by atoms with E-state index in [9.17, 15) is 9.90 Å². The van der Waals surface area contributed by atoms with Crippen molar-refractivity contribution in [2.75, 3.05) is 5.32 Å². The molecule has 0 spiro atoms. The molecule has 9 heteroatoms. The molecule has 2 N–H and O–H groups in total. The third-order valence-electron chi connectivity index (χ3n) is 4.78. The van der Waals surface area contributed by atoms with Crippen molar-refractivity contribution in [1.82, 2.24) is 24.4 Å². The molecule has 0 radical (unpaired) electrons. The van der Waals surface area contributed by atoms with Crippen LogP contribution in [0, 0.1) is 0 Å². The molecule has 1 unspecified atom stereocenters. The molecule has 3 heterocycles. The van der Waals surface area contributed by atoms with E-state index in [1.54, 1.807) is 40.7 Å². The summed E-state index contributed by atoms with van der Waals surface area (Å²) in [6, 6.07) is 7.27. The maximum Gasteiger partial charge on any atom is 0.221 e. The molecule has 0 saturated heterocycles. The fourth-order valence-electron chi connectivity index (χ4n) is 3.30. The van der Waals surface area contributed by atoms with Crippen molar-refractivity contribution in [2.45, 2.75) is 31.8 Å². The van der Waals surface area contributed by atoms with Crippen molar-refractivity contribution in [3.05, 3.63) is 59.3 Å². The molecule has 0 aliphatic heterocycles. The molecule has 0 bridgehead atoms. The van der Waals surface area contributed by atoms with Crippen LogP contribution >= 0.6 is 11.3 Å². The molecule has 1 aromatic carbocycles. The van der Waals surface area contributed by atoms with Gasteiger partial charge in [-0.05, 0) is 43.0 Å². The first-order valence-electron chi connectivity index (χ1n) is 9.03. The standard InChI is InChI=1S/C19H18N6O2S/c1-11(26)21-13-4-6-14(7-5-13)25-9-15(22-23-25)18(27)17-19(12-2-3-12)28-16-8-20-10-24(16)17/h4-10,12,18,27H,2-3H2,1H3,(H,21,26). The SMILES string of the molecule is CC(=O)Nc1ccc(-n2cc(C(O)c3c(C4CC4)sc4cncn34)nn2)cc1. The van der Waals surface area contributed by atoms with Gasteiger partial charge in [-0.25, -0.2) is 9.67 Å². The Balaban J connectivity index is 1.45. The van der Waals surface area contributed by atoms with Gasteiger partial charge in [0.25, 0.3) is 0 Å². The summed E-state index contributed by atoms with van der Waals surface area (Å²) in [5, 5.41) is 22.1. The van der Waals surface area contributed by atoms with Gasteiger partial charge in [-0.15, -0.1) is 16.4 Å². The van der Waals surface area contributed by atoms with Crippen molar-refractivity contribution in [3.63, 3.8) is 0 Å². The van der Waals surface area contributed by atoms with Crippen molar-refractivity contribution in [3.8, 4) is 5.69 Å². The Kier molecular flexibility index (Phi) is 3.99. The summed E-state index contributed by atoms with van der Waals surface area (Å²) in [4.78, 5) is 17.6. The minimum atomic E-state index is -0.869. The molecule has 28 heavy (non-hydrogen) atoms. The lowest BCUT2D eigenvalue weighted by Gasteiger charge is -2.09. The molecule has 8 nitrogen and oxygen atoms in total. The summed E-state index contributed by atoms with van der Waals surface area (Å²) in [6.07, 6.45) is 6.73. The molecule has 142 valence electrons. The van der Waals surface area contributed by atoms with Gasteiger partial charge in [0.2, 0.25) is 5.91 Å². The van der Waals surface area contributed by atoms with E-state index in [2.05, 4.69) is 20.6 Å². The summed E-state index contributed by atoms with van der Waals surface area (Å²) < 4.78 is 3.56. The van der Waals surface area contributed by atoms with E-state index in [1.165, 1.54) is 11.8 Å². The number of carbonyl (C=O) groups excluding carboxylic acids is 1. The van der Waals surface area contributed by atoms with E-state index in [0.717, 1.165) is 29.1 Å². The molecule has 1 atom stereocenters. The molecule has 3 aromatic heterocycles. The van der Waals surface area contributed by atoms with Crippen LogP contribution in [0.4, 0.5) is 5.69 Å². The summed E-state index contributed by atoms with van der Waals surface area (Å²) in [5.74, 6) is 0.401. The first-order chi connectivity index (χ1) is 13.6.